The molecule has 4 aromatic rings. The number of hydrogen-bond donors (Lipinski definition) is 1. The van der Waals surface area contributed by atoms with Crippen LogP contribution in [0.4, 0.5) is 0 Å². The van der Waals surface area contributed by atoms with Gasteiger partial charge in [-0.2, -0.15) is 10.4 Å². The number of likely N-dealkylation sites (tertiary alicyclic amines) is 1. The van der Waals surface area contributed by atoms with E-state index in [2.05, 4.69) is 15.0 Å². The fourth-order valence-electron chi connectivity index (χ4n) is 4.24. The predicted octanol–water partition coefficient (Wildman–Crippen LogP) is 4.51. The number of rotatable bonds is 6. The Balaban J connectivity index is 1.29. The molecule has 1 aliphatic rings. The molecule has 7 heteroatoms. The van der Waals surface area contributed by atoms with Gasteiger partial charge in [-0.15, -0.1) is 0 Å². The van der Waals surface area contributed by atoms with Crippen molar-refractivity contribution in [2.24, 2.45) is 0 Å². The van der Waals surface area contributed by atoms with E-state index in [9.17, 15) is 5.11 Å². The van der Waals surface area contributed by atoms with Crippen molar-refractivity contribution in [1.29, 1.82) is 5.26 Å². The number of aromatic hydroxyl groups is 1. The smallest absolute Gasteiger partial charge is 0.162 e. The summed E-state index contributed by atoms with van der Waals surface area (Å²) in [7, 11) is 0. The van der Waals surface area contributed by atoms with Crippen molar-refractivity contribution in [3.05, 3.63) is 66.6 Å². The van der Waals surface area contributed by atoms with Crippen LogP contribution in [0.25, 0.3) is 27.9 Å². The van der Waals surface area contributed by atoms with E-state index in [-0.39, 0.29) is 11.3 Å². The Labute approximate surface area is 192 Å². The number of aromatic nitrogens is 3. The fourth-order valence-corrected chi connectivity index (χ4v) is 4.24. The van der Waals surface area contributed by atoms with Gasteiger partial charge in [0, 0.05) is 30.1 Å². The molecule has 0 bridgehead atoms. The molecular weight excluding hydrogens is 414 g/mol. The molecule has 33 heavy (non-hydrogen) atoms. The predicted molar refractivity (Wildman–Crippen MR) is 126 cm³/mol. The Morgan fingerprint density at radius 3 is 2.52 bits per heavy atom. The van der Waals surface area contributed by atoms with Crippen molar-refractivity contribution >= 4 is 5.65 Å². The lowest BCUT2D eigenvalue weighted by atomic mass is 10.1. The Hall–Kier alpha value is -3.89. The van der Waals surface area contributed by atoms with Gasteiger partial charge in [-0.05, 0) is 61.3 Å². The van der Waals surface area contributed by atoms with Gasteiger partial charge in [-0.3, -0.25) is 4.90 Å². The molecule has 0 saturated carbocycles. The second-order valence-electron chi connectivity index (χ2n) is 8.29. The van der Waals surface area contributed by atoms with Crippen LogP contribution in [-0.4, -0.2) is 50.8 Å². The van der Waals surface area contributed by atoms with Crippen molar-refractivity contribution in [2.75, 3.05) is 26.2 Å². The molecule has 0 amide bonds. The number of nitriles is 1. The number of piperidine rings is 1. The van der Waals surface area contributed by atoms with Gasteiger partial charge in [-0.25, -0.2) is 9.50 Å². The summed E-state index contributed by atoms with van der Waals surface area (Å²) in [5.41, 5.74) is 4.44. The summed E-state index contributed by atoms with van der Waals surface area (Å²) in [5, 5.41) is 23.5. The summed E-state index contributed by atoms with van der Waals surface area (Å²) >= 11 is 0. The molecule has 1 fully saturated rings. The number of fused-ring (bicyclic) bond motifs is 1. The monoisotopic (exact) mass is 439 g/mol. The van der Waals surface area contributed by atoms with Crippen LogP contribution in [0.3, 0.4) is 0 Å². The summed E-state index contributed by atoms with van der Waals surface area (Å²) in [6.07, 6.45) is 9.39. The lowest BCUT2D eigenvalue weighted by Crippen LogP contribution is -2.33. The van der Waals surface area contributed by atoms with E-state index in [0.29, 0.717) is 12.3 Å². The Morgan fingerprint density at radius 2 is 1.76 bits per heavy atom. The molecule has 166 valence electrons. The third-order valence-electron chi connectivity index (χ3n) is 6.10. The Bertz CT molecular complexity index is 1300. The van der Waals surface area contributed by atoms with E-state index in [1.807, 2.05) is 42.7 Å². The molecular formula is C26H25N5O2. The molecule has 5 rings (SSSR count). The Kier molecular flexibility index (Phi) is 5.92. The molecule has 1 N–H and O–H groups in total. The molecule has 1 saturated heterocycles. The number of ether oxygens (including phenoxy) is 1. The minimum Gasteiger partial charge on any atom is -0.507 e. The van der Waals surface area contributed by atoms with Gasteiger partial charge in [0.15, 0.2) is 5.65 Å². The highest BCUT2D eigenvalue weighted by Crippen LogP contribution is 2.29. The maximum Gasteiger partial charge on any atom is 0.162 e. The quantitative estimate of drug-likeness (QED) is 0.476. The van der Waals surface area contributed by atoms with Crippen LogP contribution in [0.1, 0.15) is 24.8 Å². The van der Waals surface area contributed by atoms with Crippen LogP contribution < -0.4 is 4.74 Å². The first-order valence-corrected chi connectivity index (χ1v) is 11.2. The summed E-state index contributed by atoms with van der Waals surface area (Å²) in [5.74, 6) is 0.816. The van der Waals surface area contributed by atoms with Gasteiger partial charge in [0.05, 0.1) is 11.8 Å². The zero-order valence-electron chi connectivity index (χ0n) is 18.3. The molecule has 2 aromatic heterocycles. The van der Waals surface area contributed by atoms with Crippen LogP contribution in [0.5, 0.6) is 11.5 Å². The fraction of sp³-hybridized carbons (Fsp3) is 0.269. The topological polar surface area (TPSA) is 86.7 Å². The maximum atomic E-state index is 10.0. The third kappa shape index (κ3) is 4.52. The average Bonchev–Trinajstić information content (AvgIpc) is 3.28. The molecule has 0 spiro atoms. The van der Waals surface area contributed by atoms with Gasteiger partial charge in [-0.1, -0.05) is 24.6 Å². The van der Waals surface area contributed by atoms with Crippen molar-refractivity contribution in [3.63, 3.8) is 0 Å². The first-order valence-electron chi connectivity index (χ1n) is 11.2. The SMILES string of the molecule is N#Cc1ccc(-c2cnn3cc(-c4ccc(OCCN5CCCCC5)cc4)cnc23)cc1O. The number of benzene rings is 2. The molecule has 0 atom stereocenters. The van der Waals surface area contributed by atoms with Gasteiger partial charge < -0.3 is 9.84 Å². The van der Waals surface area contributed by atoms with E-state index < -0.39 is 0 Å². The molecule has 0 unspecified atom stereocenters. The first kappa shape index (κ1) is 21.0. The highest BCUT2D eigenvalue weighted by Gasteiger charge is 2.12. The van der Waals surface area contributed by atoms with Crippen molar-refractivity contribution in [3.8, 4) is 39.8 Å². The van der Waals surface area contributed by atoms with Crippen molar-refractivity contribution in [2.45, 2.75) is 19.3 Å². The molecule has 3 heterocycles. The standard InChI is InChI=1S/C26H25N5O2/c27-15-21-5-4-20(14-25(21)32)24-17-29-31-18-22(16-28-26(24)31)19-6-8-23(9-7-19)33-13-12-30-10-2-1-3-11-30/h4-9,14,16-18,32H,1-3,10-13H2. The largest absolute Gasteiger partial charge is 0.507 e. The first-order chi connectivity index (χ1) is 16.2. The van der Waals surface area contributed by atoms with Crippen LogP contribution in [-0.2, 0) is 0 Å². The highest BCUT2D eigenvalue weighted by atomic mass is 16.5. The normalized spacial score (nSPS) is 14.3. The lowest BCUT2D eigenvalue weighted by molar-refractivity contribution is 0.183. The minimum absolute atomic E-state index is 0.0517. The molecule has 2 aromatic carbocycles. The molecule has 1 aliphatic heterocycles. The second kappa shape index (κ2) is 9.31. The van der Waals surface area contributed by atoms with Gasteiger partial charge in [0.25, 0.3) is 0 Å². The molecule has 0 aliphatic carbocycles. The highest BCUT2D eigenvalue weighted by molar-refractivity contribution is 5.79. The van der Waals surface area contributed by atoms with Gasteiger partial charge in [0.2, 0.25) is 0 Å². The second-order valence-corrected chi connectivity index (χ2v) is 8.29. The maximum absolute atomic E-state index is 10.0. The van der Waals surface area contributed by atoms with Gasteiger partial charge in [0.1, 0.15) is 24.2 Å². The van der Waals surface area contributed by atoms with Crippen LogP contribution >= 0.6 is 0 Å². The molecule has 7 nitrogen and oxygen atoms in total. The van der Waals surface area contributed by atoms with E-state index in [4.69, 9.17) is 10.00 Å². The number of phenolic OH excluding ortho intramolecular Hbond substituents is 1. The van der Waals surface area contributed by atoms with E-state index in [1.54, 1.807) is 28.9 Å². The number of phenols is 1. The van der Waals surface area contributed by atoms with E-state index in [1.165, 1.54) is 32.4 Å². The zero-order valence-corrected chi connectivity index (χ0v) is 18.3. The zero-order chi connectivity index (χ0) is 22.6. The number of hydrogen-bond acceptors (Lipinski definition) is 6. The van der Waals surface area contributed by atoms with E-state index in [0.717, 1.165) is 34.5 Å². The minimum atomic E-state index is -0.0517. The van der Waals surface area contributed by atoms with Crippen LogP contribution in [0.2, 0.25) is 0 Å². The molecule has 0 radical (unpaired) electrons. The van der Waals surface area contributed by atoms with Crippen LogP contribution in [0, 0.1) is 11.3 Å². The lowest BCUT2D eigenvalue weighted by Gasteiger charge is -2.26. The number of nitrogens with zero attached hydrogens (tertiary/aromatic N) is 5. The summed E-state index contributed by atoms with van der Waals surface area (Å²) < 4.78 is 7.66. The summed E-state index contributed by atoms with van der Waals surface area (Å²) in [6.45, 7) is 4.04. The Morgan fingerprint density at radius 1 is 0.970 bits per heavy atom. The van der Waals surface area contributed by atoms with E-state index >= 15 is 0 Å². The summed E-state index contributed by atoms with van der Waals surface area (Å²) in [6, 6.07) is 14.9. The van der Waals surface area contributed by atoms with Crippen LogP contribution in [0.15, 0.2) is 61.1 Å². The third-order valence-corrected chi connectivity index (χ3v) is 6.10. The average molecular weight is 440 g/mol. The van der Waals surface area contributed by atoms with Crippen molar-refractivity contribution < 1.29 is 9.84 Å². The van der Waals surface area contributed by atoms with Gasteiger partial charge >= 0.3 is 0 Å². The van der Waals surface area contributed by atoms with Crippen molar-refractivity contribution in [1.82, 2.24) is 19.5 Å². The summed E-state index contributed by atoms with van der Waals surface area (Å²) in [4.78, 5) is 7.08.